The van der Waals surface area contributed by atoms with Crippen molar-refractivity contribution in [3.8, 4) is 22.5 Å². The van der Waals surface area contributed by atoms with Crippen molar-refractivity contribution in [2.45, 2.75) is 19.3 Å². The van der Waals surface area contributed by atoms with Gasteiger partial charge in [-0.2, -0.15) is 36.2 Å². The third kappa shape index (κ3) is 5.18. The molecule has 0 saturated carbocycles. The Morgan fingerprint density at radius 1 is 0.971 bits per heavy atom. The van der Waals surface area contributed by atoms with E-state index < -0.39 is 29.2 Å². The van der Waals surface area contributed by atoms with Gasteiger partial charge >= 0.3 is 12.4 Å². The van der Waals surface area contributed by atoms with E-state index in [1.165, 1.54) is 17.5 Å². The fourth-order valence-corrected chi connectivity index (χ4v) is 3.48. The summed E-state index contributed by atoms with van der Waals surface area (Å²) < 4.78 is 78.7. The Balaban J connectivity index is 1.58. The van der Waals surface area contributed by atoms with E-state index in [1.54, 1.807) is 31.3 Å². The zero-order valence-electron chi connectivity index (χ0n) is 17.0. The minimum absolute atomic E-state index is 0.0496. The molecular weight excluding hydrogens is 482 g/mol. The summed E-state index contributed by atoms with van der Waals surface area (Å²) in [6, 6.07) is 6.66. The second-order valence-corrected chi connectivity index (χ2v) is 7.80. The van der Waals surface area contributed by atoms with Crippen LogP contribution >= 0.6 is 11.3 Å². The van der Waals surface area contributed by atoms with Crippen molar-refractivity contribution in [2.24, 2.45) is 0 Å². The largest absolute Gasteiger partial charge is 0.418 e. The van der Waals surface area contributed by atoms with Crippen LogP contribution in [0.4, 0.5) is 32.0 Å². The highest BCUT2D eigenvalue weighted by Gasteiger charge is 2.38. The summed E-state index contributed by atoms with van der Waals surface area (Å²) in [6.07, 6.45) is -6.99. The Bertz CT molecular complexity index is 1380. The van der Waals surface area contributed by atoms with E-state index in [0.29, 0.717) is 39.1 Å². The lowest BCUT2D eigenvalue weighted by atomic mass is 10.1. The molecular formula is C21H12F6N6S. The monoisotopic (exact) mass is 494 g/mol. The Morgan fingerprint density at radius 3 is 2.44 bits per heavy atom. The maximum Gasteiger partial charge on any atom is 0.418 e. The highest BCUT2D eigenvalue weighted by atomic mass is 32.1. The van der Waals surface area contributed by atoms with E-state index >= 15 is 0 Å². The molecule has 0 spiro atoms. The van der Waals surface area contributed by atoms with Crippen LogP contribution in [0.3, 0.4) is 0 Å². The first-order valence-corrected chi connectivity index (χ1v) is 10.2. The van der Waals surface area contributed by atoms with Gasteiger partial charge in [-0.25, -0.2) is 0 Å². The molecule has 0 saturated heterocycles. The number of benzene rings is 1. The average Bonchev–Trinajstić information content (AvgIpc) is 3.38. The maximum absolute atomic E-state index is 13.4. The Kier molecular flexibility index (Phi) is 6.01. The van der Waals surface area contributed by atoms with Gasteiger partial charge in [-0.05, 0) is 43.2 Å². The van der Waals surface area contributed by atoms with E-state index in [2.05, 4.69) is 37.5 Å². The number of nitrogens with one attached hydrogen (secondary N) is 1. The van der Waals surface area contributed by atoms with Gasteiger partial charge in [0, 0.05) is 6.20 Å². The van der Waals surface area contributed by atoms with Crippen molar-refractivity contribution >= 4 is 17.0 Å². The lowest BCUT2D eigenvalue weighted by Crippen LogP contribution is -2.17. The highest BCUT2D eigenvalue weighted by Crippen LogP contribution is 2.39. The van der Waals surface area contributed by atoms with Gasteiger partial charge in [0.1, 0.15) is 5.69 Å². The van der Waals surface area contributed by atoms with E-state index in [4.69, 9.17) is 0 Å². The SMILES string of the molecule is Cc1nn(Nc2ccc(C(F)(F)F)cc2C(F)(F)F)cc1C#Cc1nnc(-c2ccccn2)s1. The summed E-state index contributed by atoms with van der Waals surface area (Å²) in [5.41, 5.74) is 0.287. The van der Waals surface area contributed by atoms with Crippen LogP contribution in [0.15, 0.2) is 48.8 Å². The van der Waals surface area contributed by atoms with Gasteiger partial charge in [-0.15, -0.1) is 10.2 Å². The Hall–Kier alpha value is -3.92. The molecule has 3 heterocycles. The topological polar surface area (TPSA) is 68.5 Å². The summed E-state index contributed by atoms with van der Waals surface area (Å²) in [5.74, 6) is 5.63. The number of rotatable bonds is 3. The number of nitrogens with zero attached hydrogens (tertiary/aromatic N) is 5. The first-order valence-electron chi connectivity index (χ1n) is 9.39. The van der Waals surface area contributed by atoms with Crippen LogP contribution in [0.2, 0.25) is 0 Å². The molecule has 4 rings (SSSR count). The molecule has 0 aliphatic rings. The summed E-state index contributed by atoms with van der Waals surface area (Å²) in [4.78, 5) is 5.13. The molecule has 1 N–H and O–H groups in total. The highest BCUT2D eigenvalue weighted by molar-refractivity contribution is 7.15. The number of anilines is 1. The minimum Gasteiger partial charge on any atom is -0.278 e. The van der Waals surface area contributed by atoms with Gasteiger partial charge < -0.3 is 0 Å². The molecule has 6 nitrogen and oxygen atoms in total. The second kappa shape index (κ2) is 8.79. The minimum atomic E-state index is -5.02. The molecule has 13 heteroatoms. The zero-order valence-corrected chi connectivity index (χ0v) is 17.8. The molecule has 0 aliphatic carbocycles. The molecule has 3 aromatic heterocycles. The van der Waals surface area contributed by atoms with Crippen molar-refractivity contribution < 1.29 is 26.3 Å². The quantitative estimate of drug-likeness (QED) is 0.305. The molecule has 0 aliphatic heterocycles. The average molecular weight is 494 g/mol. The van der Waals surface area contributed by atoms with Crippen molar-refractivity contribution in [3.05, 3.63) is 76.2 Å². The van der Waals surface area contributed by atoms with Gasteiger partial charge in [-0.3, -0.25) is 10.4 Å². The van der Waals surface area contributed by atoms with Gasteiger partial charge in [0.2, 0.25) is 0 Å². The van der Waals surface area contributed by atoms with Crippen LogP contribution in [0.25, 0.3) is 10.7 Å². The first-order chi connectivity index (χ1) is 16.0. The van der Waals surface area contributed by atoms with E-state index in [9.17, 15) is 26.3 Å². The smallest absolute Gasteiger partial charge is 0.278 e. The summed E-state index contributed by atoms with van der Waals surface area (Å²) in [6.45, 7) is 1.58. The predicted molar refractivity (Wildman–Crippen MR) is 112 cm³/mol. The third-order valence-electron chi connectivity index (χ3n) is 4.40. The van der Waals surface area contributed by atoms with Crippen LogP contribution in [0, 0.1) is 18.8 Å². The molecule has 0 unspecified atom stereocenters. The van der Waals surface area contributed by atoms with Crippen LogP contribution < -0.4 is 5.43 Å². The number of hydrogen-bond donors (Lipinski definition) is 1. The van der Waals surface area contributed by atoms with Gasteiger partial charge in [-0.1, -0.05) is 23.3 Å². The number of pyridine rings is 1. The summed E-state index contributed by atoms with van der Waals surface area (Å²) in [5, 5.41) is 13.0. The Morgan fingerprint density at radius 2 is 1.76 bits per heavy atom. The van der Waals surface area contributed by atoms with Gasteiger partial charge in [0.05, 0.1) is 34.3 Å². The van der Waals surface area contributed by atoms with Crippen molar-refractivity contribution in [1.29, 1.82) is 0 Å². The normalized spacial score (nSPS) is 11.7. The zero-order chi connectivity index (χ0) is 24.5. The van der Waals surface area contributed by atoms with Crippen molar-refractivity contribution in [3.63, 3.8) is 0 Å². The lowest BCUT2D eigenvalue weighted by Gasteiger charge is -2.16. The van der Waals surface area contributed by atoms with Crippen LogP contribution in [-0.4, -0.2) is 25.1 Å². The molecule has 0 atom stereocenters. The lowest BCUT2D eigenvalue weighted by molar-refractivity contribution is -0.142. The molecule has 174 valence electrons. The molecule has 1 aromatic carbocycles. The fourth-order valence-electron chi connectivity index (χ4n) is 2.80. The molecule has 0 fully saturated rings. The number of halogens is 6. The van der Waals surface area contributed by atoms with E-state index in [1.807, 2.05) is 0 Å². The maximum atomic E-state index is 13.4. The van der Waals surface area contributed by atoms with Crippen LogP contribution in [0.1, 0.15) is 27.4 Å². The van der Waals surface area contributed by atoms with E-state index in [0.717, 1.165) is 4.79 Å². The van der Waals surface area contributed by atoms with Crippen molar-refractivity contribution in [2.75, 3.05) is 5.43 Å². The summed E-state index contributed by atoms with van der Waals surface area (Å²) >= 11 is 1.21. The van der Waals surface area contributed by atoms with Crippen LogP contribution in [-0.2, 0) is 12.4 Å². The van der Waals surface area contributed by atoms with Crippen molar-refractivity contribution in [1.82, 2.24) is 25.1 Å². The first kappa shape index (κ1) is 23.2. The fraction of sp³-hybridized carbons (Fsp3) is 0.143. The molecule has 34 heavy (non-hydrogen) atoms. The van der Waals surface area contributed by atoms with Gasteiger partial charge in [0.25, 0.3) is 0 Å². The number of hydrogen-bond acceptors (Lipinski definition) is 6. The Labute approximate surface area is 192 Å². The number of aromatic nitrogens is 5. The molecule has 4 aromatic rings. The number of alkyl halides is 6. The van der Waals surface area contributed by atoms with Crippen LogP contribution in [0.5, 0.6) is 0 Å². The molecule has 0 bridgehead atoms. The van der Waals surface area contributed by atoms with Gasteiger partial charge in [0.15, 0.2) is 10.0 Å². The molecule has 0 amide bonds. The van der Waals surface area contributed by atoms with E-state index in [-0.39, 0.29) is 6.07 Å². The third-order valence-corrected chi connectivity index (χ3v) is 5.26. The standard InChI is InChI=1S/C21H12F6N6S/c1-12-13(5-8-18-29-30-19(34-18)17-4-2-3-9-28-17)11-33(31-12)32-16-7-6-14(20(22,23)24)10-15(16)21(25,26)27/h2-4,6-7,9-11,32H,1H3. The predicted octanol–water partition coefficient (Wildman–Crippen LogP) is 5.42. The number of aryl methyl sites for hydroxylation is 1. The molecule has 0 radical (unpaired) electrons. The second-order valence-electron chi connectivity index (χ2n) is 6.82. The summed E-state index contributed by atoms with van der Waals surface area (Å²) in [7, 11) is 0.